The minimum Gasteiger partial charge on any atom is -0.486 e. The van der Waals surface area contributed by atoms with E-state index in [2.05, 4.69) is 33.1 Å². The molecule has 1 aliphatic heterocycles. The summed E-state index contributed by atoms with van der Waals surface area (Å²) in [6.45, 7) is 6.38. The highest BCUT2D eigenvalue weighted by atomic mass is 16.5. The van der Waals surface area contributed by atoms with E-state index in [0.717, 1.165) is 50.3 Å². The van der Waals surface area contributed by atoms with Crippen molar-refractivity contribution in [3.05, 3.63) is 48.0 Å². The van der Waals surface area contributed by atoms with Crippen LogP contribution < -0.4 is 10.1 Å². The van der Waals surface area contributed by atoms with Crippen molar-refractivity contribution in [2.24, 2.45) is 5.92 Å². The fraction of sp³-hybridized carbons (Fsp3) is 0.565. The molecule has 1 aromatic heterocycles. The molecule has 1 saturated carbocycles. The highest BCUT2D eigenvalue weighted by molar-refractivity contribution is 5.78. The summed E-state index contributed by atoms with van der Waals surface area (Å²) in [4.78, 5) is 19.2. The summed E-state index contributed by atoms with van der Waals surface area (Å²) in [5.41, 5.74) is 1.06. The van der Waals surface area contributed by atoms with E-state index >= 15 is 0 Å². The van der Waals surface area contributed by atoms with Crippen LogP contribution in [0.4, 0.5) is 0 Å². The van der Waals surface area contributed by atoms with Crippen molar-refractivity contribution in [3.63, 3.8) is 0 Å². The zero-order valence-electron chi connectivity index (χ0n) is 17.7. The van der Waals surface area contributed by atoms with Crippen LogP contribution in [0.5, 0.6) is 5.75 Å². The molecule has 1 spiro atoms. The smallest absolute Gasteiger partial charge is 0.227 e. The number of nitrogens with zero attached hydrogens (tertiary/aromatic N) is 3. The highest BCUT2D eigenvalue weighted by Gasteiger charge is 2.40. The lowest BCUT2D eigenvalue weighted by molar-refractivity contribution is -0.137. The highest BCUT2D eigenvalue weighted by Crippen LogP contribution is 2.37. The van der Waals surface area contributed by atoms with Gasteiger partial charge in [0.15, 0.2) is 0 Å². The molecule has 4 rings (SSSR count). The van der Waals surface area contributed by atoms with Crippen molar-refractivity contribution in [2.75, 3.05) is 13.6 Å². The SMILES string of the molecule is Cc1nccn1CC(C)C(=O)N(C)C1CCC2(CC1)CNCc1ccccc1O2. The van der Waals surface area contributed by atoms with E-state index in [1.807, 2.05) is 38.1 Å². The van der Waals surface area contributed by atoms with E-state index in [0.29, 0.717) is 6.54 Å². The van der Waals surface area contributed by atoms with Crippen LogP contribution in [0.2, 0.25) is 0 Å². The minimum atomic E-state index is -0.160. The summed E-state index contributed by atoms with van der Waals surface area (Å²) in [6.07, 6.45) is 7.61. The number of hydrogen-bond donors (Lipinski definition) is 1. The Morgan fingerprint density at radius 2 is 2.14 bits per heavy atom. The molecule has 0 bridgehead atoms. The second-order valence-corrected chi connectivity index (χ2v) is 8.70. The van der Waals surface area contributed by atoms with Crippen LogP contribution in [0.1, 0.15) is 44.0 Å². The Balaban J connectivity index is 1.36. The number of benzene rings is 1. The second kappa shape index (κ2) is 8.19. The summed E-state index contributed by atoms with van der Waals surface area (Å²) in [6, 6.07) is 8.58. The molecule has 2 aromatic rings. The average molecular weight is 397 g/mol. The van der Waals surface area contributed by atoms with Crippen LogP contribution in [0.3, 0.4) is 0 Å². The monoisotopic (exact) mass is 396 g/mol. The minimum absolute atomic E-state index is 0.0635. The van der Waals surface area contributed by atoms with Crippen molar-refractivity contribution < 1.29 is 9.53 Å². The third kappa shape index (κ3) is 4.17. The van der Waals surface area contributed by atoms with Gasteiger partial charge in [0.25, 0.3) is 0 Å². The molecular weight excluding hydrogens is 364 g/mol. The number of carbonyl (C=O) groups excluding carboxylic acids is 1. The third-order valence-electron chi connectivity index (χ3n) is 6.64. The van der Waals surface area contributed by atoms with Crippen LogP contribution in [-0.4, -0.2) is 45.6 Å². The van der Waals surface area contributed by atoms with E-state index in [1.54, 1.807) is 6.20 Å². The van der Waals surface area contributed by atoms with E-state index in [4.69, 9.17) is 4.74 Å². The summed E-state index contributed by atoms with van der Waals surface area (Å²) in [5, 5.41) is 3.56. The summed E-state index contributed by atoms with van der Waals surface area (Å²) in [5.74, 6) is 2.10. The quantitative estimate of drug-likeness (QED) is 0.863. The molecule has 2 aliphatic rings. The number of fused-ring (bicyclic) bond motifs is 1. The van der Waals surface area contributed by atoms with Gasteiger partial charge in [-0.15, -0.1) is 0 Å². The van der Waals surface area contributed by atoms with Crippen molar-refractivity contribution in [1.82, 2.24) is 19.8 Å². The normalized spacial score (nSPS) is 25.0. The van der Waals surface area contributed by atoms with Crippen molar-refractivity contribution in [3.8, 4) is 5.75 Å². The third-order valence-corrected chi connectivity index (χ3v) is 6.64. The lowest BCUT2D eigenvalue weighted by atomic mass is 9.81. The topological polar surface area (TPSA) is 59.4 Å². The summed E-state index contributed by atoms with van der Waals surface area (Å²) >= 11 is 0. The Kier molecular flexibility index (Phi) is 5.63. The molecule has 6 nitrogen and oxygen atoms in total. The summed E-state index contributed by atoms with van der Waals surface area (Å²) in [7, 11) is 1.96. The number of aromatic nitrogens is 2. The van der Waals surface area contributed by atoms with Gasteiger partial charge in [0.05, 0.1) is 5.92 Å². The van der Waals surface area contributed by atoms with Gasteiger partial charge in [-0.2, -0.15) is 0 Å². The van der Waals surface area contributed by atoms with Crippen LogP contribution in [-0.2, 0) is 17.9 Å². The largest absolute Gasteiger partial charge is 0.486 e. The zero-order valence-corrected chi connectivity index (χ0v) is 17.7. The Bertz CT molecular complexity index is 854. The molecule has 2 heterocycles. The molecule has 1 N–H and O–H groups in total. The molecule has 6 heteroatoms. The number of imidazole rings is 1. The lowest BCUT2D eigenvalue weighted by Gasteiger charge is -2.42. The maximum absolute atomic E-state index is 13.0. The molecule has 1 fully saturated rings. The fourth-order valence-electron chi connectivity index (χ4n) is 4.74. The first-order valence-electron chi connectivity index (χ1n) is 10.7. The number of carbonyl (C=O) groups is 1. The molecular formula is C23H32N4O2. The predicted octanol–water partition coefficient (Wildman–Crippen LogP) is 3.15. The van der Waals surface area contributed by atoms with Gasteiger partial charge in [-0.05, 0) is 38.7 Å². The van der Waals surface area contributed by atoms with Crippen LogP contribution in [0.15, 0.2) is 36.7 Å². The molecule has 1 amide bonds. The van der Waals surface area contributed by atoms with Gasteiger partial charge < -0.3 is 19.5 Å². The van der Waals surface area contributed by atoms with Gasteiger partial charge in [-0.1, -0.05) is 25.1 Å². The maximum Gasteiger partial charge on any atom is 0.227 e. The second-order valence-electron chi connectivity index (χ2n) is 8.70. The number of para-hydroxylation sites is 1. The molecule has 156 valence electrons. The van der Waals surface area contributed by atoms with E-state index in [-0.39, 0.29) is 23.5 Å². The van der Waals surface area contributed by atoms with Gasteiger partial charge in [-0.25, -0.2) is 4.98 Å². The zero-order chi connectivity index (χ0) is 20.4. The Labute approximate surface area is 173 Å². The van der Waals surface area contributed by atoms with Gasteiger partial charge >= 0.3 is 0 Å². The van der Waals surface area contributed by atoms with Crippen molar-refractivity contribution in [1.29, 1.82) is 0 Å². The number of hydrogen-bond acceptors (Lipinski definition) is 4. The lowest BCUT2D eigenvalue weighted by Crippen LogP contribution is -2.51. The van der Waals surface area contributed by atoms with Crippen molar-refractivity contribution in [2.45, 2.75) is 64.3 Å². The Morgan fingerprint density at radius 1 is 1.38 bits per heavy atom. The number of ether oxygens (including phenoxy) is 1. The van der Waals surface area contributed by atoms with E-state index in [1.165, 1.54) is 5.56 Å². The molecule has 1 unspecified atom stereocenters. The van der Waals surface area contributed by atoms with Gasteiger partial charge in [-0.3, -0.25) is 4.79 Å². The average Bonchev–Trinajstić information content (AvgIpc) is 3.03. The fourth-order valence-corrected chi connectivity index (χ4v) is 4.74. The predicted molar refractivity (Wildman–Crippen MR) is 113 cm³/mol. The standard InChI is InChI=1S/C23H32N4O2/c1-17(15-27-13-12-25-18(27)2)22(28)26(3)20-8-10-23(11-9-20)16-24-14-19-6-4-5-7-21(19)29-23/h4-7,12-13,17,20,24H,8-11,14-16H2,1-3H3. The molecule has 0 saturated heterocycles. The molecule has 29 heavy (non-hydrogen) atoms. The first-order chi connectivity index (χ1) is 14.0. The first-order valence-corrected chi connectivity index (χ1v) is 10.7. The maximum atomic E-state index is 13.0. The van der Waals surface area contributed by atoms with Gasteiger partial charge in [0, 0.05) is 50.7 Å². The summed E-state index contributed by atoms with van der Waals surface area (Å²) < 4.78 is 8.58. The van der Waals surface area contributed by atoms with Crippen LogP contribution in [0, 0.1) is 12.8 Å². The van der Waals surface area contributed by atoms with E-state index in [9.17, 15) is 4.79 Å². The van der Waals surface area contributed by atoms with Crippen LogP contribution in [0.25, 0.3) is 0 Å². The molecule has 1 atom stereocenters. The molecule has 0 radical (unpaired) electrons. The number of amides is 1. The van der Waals surface area contributed by atoms with Crippen molar-refractivity contribution >= 4 is 5.91 Å². The molecule has 1 aliphatic carbocycles. The van der Waals surface area contributed by atoms with Crippen LogP contribution >= 0.6 is 0 Å². The van der Waals surface area contributed by atoms with Gasteiger partial charge in [0.2, 0.25) is 5.91 Å². The number of aryl methyl sites for hydroxylation is 1. The molecule has 1 aromatic carbocycles. The first kappa shape index (κ1) is 20.0. The number of rotatable bonds is 4. The van der Waals surface area contributed by atoms with E-state index < -0.39 is 0 Å². The Hall–Kier alpha value is -2.34. The Morgan fingerprint density at radius 3 is 2.86 bits per heavy atom. The number of nitrogens with one attached hydrogen (secondary N) is 1. The van der Waals surface area contributed by atoms with Gasteiger partial charge in [0.1, 0.15) is 17.2 Å².